The van der Waals surface area contributed by atoms with E-state index in [1.165, 1.54) is 12.1 Å². The van der Waals surface area contributed by atoms with Gasteiger partial charge in [0.15, 0.2) is 0 Å². The standard InChI is InChI=1S/C15H20F3NO2/c1-14(2)12(8-13(14)20-3)19-9-10-6-4-5-7-11(10)21-15(16,17)18/h4-7,12-13,19H,8-9H2,1-3H3. The summed E-state index contributed by atoms with van der Waals surface area (Å²) in [5, 5.41) is 3.29. The molecule has 2 atom stereocenters. The fraction of sp³-hybridized carbons (Fsp3) is 0.600. The highest BCUT2D eigenvalue weighted by Gasteiger charge is 2.48. The zero-order valence-electron chi connectivity index (χ0n) is 12.3. The first kappa shape index (κ1) is 16.1. The van der Waals surface area contributed by atoms with Crippen LogP contribution in [0.3, 0.4) is 0 Å². The summed E-state index contributed by atoms with van der Waals surface area (Å²) in [7, 11) is 1.68. The summed E-state index contributed by atoms with van der Waals surface area (Å²) in [5.74, 6) is -0.155. The van der Waals surface area contributed by atoms with Crippen LogP contribution in [-0.4, -0.2) is 25.6 Å². The summed E-state index contributed by atoms with van der Waals surface area (Å²) < 4.78 is 46.5. The van der Waals surface area contributed by atoms with Crippen molar-refractivity contribution in [1.82, 2.24) is 5.32 Å². The van der Waals surface area contributed by atoms with Gasteiger partial charge in [-0.1, -0.05) is 32.0 Å². The number of hydrogen-bond donors (Lipinski definition) is 1. The maximum absolute atomic E-state index is 12.4. The first-order valence-electron chi connectivity index (χ1n) is 6.84. The Balaban J connectivity index is 1.98. The summed E-state index contributed by atoms with van der Waals surface area (Å²) in [6.45, 7) is 4.50. The Bertz CT molecular complexity index is 488. The average molecular weight is 303 g/mol. The molecule has 0 radical (unpaired) electrons. The van der Waals surface area contributed by atoms with E-state index in [1.54, 1.807) is 19.2 Å². The van der Waals surface area contributed by atoms with E-state index in [0.717, 1.165) is 6.42 Å². The van der Waals surface area contributed by atoms with Crippen molar-refractivity contribution in [2.75, 3.05) is 7.11 Å². The average Bonchev–Trinajstić information content (AvgIpc) is 2.37. The zero-order valence-corrected chi connectivity index (χ0v) is 12.3. The Kier molecular flexibility index (Phi) is 4.49. The SMILES string of the molecule is COC1CC(NCc2ccccc2OC(F)(F)F)C1(C)C. The number of halogens is 3. The zero-order chi connectivity index (χ0) is 15.7. The Morgan fingerprint density at radius 1 is 1.29 bits per heavy atom. The minimum Gasteiger partial charge on any atom is -0.405 e. The fourth-order valence-electron chi connectivity index (χ4n) is 2.74. The van der Waals surface area contributed by atoms with E-state index in [-0.39, 0.29) is 23.3 Å². The summed E-state index contributed by atoms with van der Waals surface area (Å²) in [4.78, 5) is 0. The van der Waals surface area contributed by atoms with Crippen molar-refractivity contribution >= 4 is 0 Å². The fourth-order valence-corrected chi connectivity index (χ4v) is 2.74. The highest BCUT2D eigenvalue weighted by atomic mass is 19.4. The molecule has 2 unspecified atom stereocenters. The Morgan fingerprint density at radius 2 is 1.95 bits per heavy atom. The predicted molar refractivity (Wildman–Crippen MR) is 72.9 cm³/mol. The van der Waals surface area contributed by atoms with Gasteiger partial charge in [0, 0.05) is 30.7 Å². The number of benzene rings is 1. The number of alkyl halides is 3. The molecule has 2 rings (SSSR count). The minimum atomic E-state index is -4.67. The molecule has 1 aliphatic rings. The minimum absolute atomic E-state index is 0.0332. The molecule has 0 amide bonds. The summed E-state index contributed by atoms with van der Waals surface area (Å²) in [5.41, 5.74) is 0.459. The molecule has 1 aromatic rings. The second-order valence-electron chi connectivity index (χ2n) is 5.87. The van der Waals surface area contributed by atoms with Crippen LogP contribution < -0.4 is 10.1 Å². The van der Waals surface area contributed by atoms with Gasteiger partial charge in [-0.2, -0.15) is 0 Å². The molecule has 0 saturated heterocycles. The van der Waals surface area contributed by atoms with Crippen LogP contribution >= 0.6 is 0 Å². The van der Waals surface area contributed by atoms with Gasteiger partial charge in [-0.15, -0.1) is 13.2 Å². The maximum atomic E-state index is 12.4. The molecule has 1 aromatic carbocycles. The van der Waals surface area contributed by atoms with Crippen LogP contribution in [0.25, 0.3) is 0 Å². The van der Waals surface area contributed by atoms with Crippen molar-refractivity contribution in [1.29, 1.82) is 0 Å². The summed E-state index contributed by atoms with van der Waals surface area (Å²) in [6, 6.07) is 6.39. The van der Waals surface area contributed by atoms with Crippen molar-refractivity contribution in [3.05, 3.63) is 29.8 Å². The molecule has 3 nitrogen and oxygen atoms in total. The lowest BCUT2D eigenvalue weighted by atomic mass is 9.64. The Labute approximate surface area is 122 Å². The molecule has 0 spiro atoms. The van der Waals surface area contributed by atoms with E-state index in [0.29, 0.717) is 12.1 Å². The number of para-hydroxylation sites is 1. The molecule has 0 heterocycles. The van der Waals surface area contributed by atoms with Crippen LogP contribution in [0.2, 0.25) is 0 Å². The maximum Gasteiger partial charge on any atom is 0.573 e. The number of methoxy groups -OCH3 is 1. The summed E-state index contributed by atoms with van der Waals surface area (Å²) in [6.07, 6.45) is -3.64. The first-order chi connectivity index (χ1) is 9.74. The number of ether oxygens (including phenoxy) is 2. The van der Waals surface area contributed by atoms with Gasteiger partial charge in [0.2, 0.25) is 0 Å². The van der Waals surface area contributed by atoms with Crippen molar-refractivity contribution in [3.8, 4) is 5.75 Å². The molecule has 1 fully saturated rings. The van der Waals surface area contributed by atoms with Crippen LogP contribution in [0.5, 0.6) is 5.75 Å². The molecular formula is C15H20F3NO2. The lowest BCUT2D eigenvalue weighted by Gasteiger charge is -2.51. The van der Waals surface area contributed by atoms with Crippen LogP contribution in [0, 0.1) is 5.41 Å². The molecule has 21 heavy (non-hydrogen) atoms. The quantitative estimate of drug-likeness (QED) is 0.903. The first-order valence-corrected chi connectivity index (χ1v) is 6.84. The van der Waals surface area contributed by atoms with E-state index in [1.807, 2.05) is 0 Å². The van der Waals surface area contributed by atoms with E-state index >= 15 is 0 Å². The van der Waals surface area contributed by atoms with E-state index in [4.69, 9.17) is 4.74 Å². The van der Waals surface area contributed by atoms with Crippen molar-refractivity contribution in [2.24, 2.45) is 5.41 Å². The van der Waals surface area contributed by atoms with Crippen LogP contribution in [0.4, 0.5) is 13.2 Å². The normalized spacial score (nSPS) is 24.5. The molecule has 118 valence electrons. The van der Waals surface area contributed by atoms with Crippen LogP contribution in [0.1, 0.15) is 25.8 Å². The predicted octanol–water partition coefficient (Wildman–Crippen LogP) is 3.49. The molecular weight excluding hydrogens is 283 g/mol. The number of nitrogens with one attached hydrogen (secondary N) is 1. The molecule has 0 aliphatic heterocycles. The van der Waals surface area contributed by atoms with Crippen LogP contribution in [-0.2, 0) is 11.3 Å². The van der Waals surface area contributed by atoms with Gasteiger partial charge in [-0.3, -0.25) is 0 Å². The summed E-state index contributed by atoms with van der Waals surface area (Å²) >= 11 is 0. The molecule has 1 aliphatic carbocycles. The van der Waals surface area contributed by atoms with E-state index < -0.39 is 6.36 Å². The van der Waals surface area contributed by atoms with Gasteiger partial charge in [0.05, 0.1) is 6.10 Å². The molecule has 6 heteroatoms. The van der Waals surface area contributed by atoms with Gasteiger partial charge in [-0.25, -0.2) is 0 Å². The largest absolute Gasteiger partial charge is 0.573 e. The third-order valence-corrected chi connectivity index (χ3v) is 4.20. The monoisotopic (exact) mass is 303 g/mol. The highest BCUT2D eigenvalue weighted by molar-refractivity contribution is 5.33. The van der Waals surface area contributed by atoms with Gasteiger partial charge >= 0.3 is 6.36 Å². The lowest BCUT2D eigenvalue weighted by Crippen LogP contribution is -2.60. The van der Waals surface area contributed by atoms with E-state index in [2.05, 4.69) is 23.9 Å². The molecule has 1 saturated carbocycles. The highest BCUT2D eigenvalue weighted by Crippen LogP contribution is 2.42. The second kappa shape index (κ2) is 5.85. The van der Waals surface area contributed by atoms with Crippen LogP contribution in [0.15, 0.2) is 24.3 Å². The van der Waals surface area contributed by atoms with E-state index in [9.17, 15) is 13.2 Å². The molecule has 1 N–H and O–H groups in total. The van der Waals surface area contributed by atoms with Crippen molar-refractivity contribution < 1.29 is 22.6 Å². The van der Waals surface area contributed by atoms with Gasteiger partial charge in [0.25, 0.3) is 0 Å². The third kappa shape index (κ3) is 3.68. The topological polar surface area (TPSA) is 30.5 Å². The van der Waals surface area contributed by atoms with Gasteiger partial charge in [-0.05, 0) is 12.5 Å². The van der Waals surface area contributed by atoms with Crippen molar-refractivity contribution in [2.45, 2.75) is 45.3 Å². The molecule has 0 bridgehead atoms. The molecule has 0 aromatic heterocycles. The second-order valence-corrected chi connectivity index (χ2v) is 5.87. The lowest BCUT2D eigenvalue weighted by molar-refractivity contribution is -0.274. The Morgan fingerprint density at radius 3 is 2.52 bits per heavy atom. The third-order valence-electron chi connectivity index (χ3n) is 4.20. The number of hydrogen-bond acceptors (Lipinski definition) is 3. The smallest absolute Gasteiger partial charge is 0.405 e. The van der Waals surface area contributed by atoms with Gasteiger partial charge in [0.1, 0.15) is 5.75 Å². The van der Waals surface area contributed by atoms with Gasteiger partial charge < -0.3 is 14.8 Å². The van der Waals surface area contributed by atoms with Crippen molar-refractivity contribution in [3.63, 3.8) is 0 Å². The number of rotatable bonds is 5. The Hall–Kier alpha value is -1.27.